The van der Waals surface area contributed by atoms with Crippen LogP contribution in [0.4, 0.5) is 10.7 Å². The summed E-state index contributed by atoms with van der Waals surface area (Å²) >= 11 is 1.15. The van der Waals surface area contributed by atoms with Crippen molar-refractivity contribution in [3.8, 4) is 0 Å². The van der Waals surface area contributed by atoms with Crippen LogP contribution < -0.4 is 22.1 Å². The molecule has 1 aromatic rings. The number of hydrogen-bond acceptors (Lipinski definition) is 6. The second-order valence-corrected chi connectivity index (χ2v) is 6.23. The average molecular weight is 311 g/mol. The van der Waals surface area contributed by atoms with Crippen LogP contribution in [0.15, 0.2) is 0 Å². The zero-order chi connectivity index (χ0) is 15.6. The van der Waals surface area contributed by atoms with Crippen LogP contribution in [0.2, 0.25) is 0 Å². The number of nitrogens with two attached hydrogens (primary N) is 2. The number of hydrogen-bond donors (Lipinski definition) is 4. The molecule has 2 heterocycles. The van der Waals surface area contributed by atoms with Gasteiger partial charge in [-0.1, -0.05) is 0 Å². The number of amides is 2. The number of thiophene rings is 1. The molecule has 7 nitrogen and oxygen atoms in total. The minimum Gasteiger partial charge on any atom is -0.397 e. The lowest BCUT2D eigenvalue weighted by Crippen LogP contribution is -2.37. The number of nitrogen functional groups attached to an aromatic ring is 1. The van der Waals surface area contributed by atoms with Crippen molar-refractivity contribution in [1.82, 2.24) is 10.2 Å². The number of carbonyl (C=O) groups is 2. The summed E-state index contributed by atoms with van der Waals surface area (Å²) < 4.78 is 0. The number of carbonyl (C=O) groups excluding carboxylic acids is 2. The van der Waals surface area contributed by atoms with E-state index < -0.39 is 5.91 Å². The molecule has 1 aromatic heterocycles. The molecular formula is C13H21N5O2S. The normalized spacial score (nSPS) is 16.7. The van der Waals surface area contributed by atoms with Crippen LogP contribution in [-0.2, 0) is 0 Å². The first-order chi connectivity index (χ1) is 9.93. The Morgan fingerprint density at radius 1 is 1.33 bits per heavy atom. The van der Waals surface area contributed by atoms with Gasteiger partial charge in [-0.15, -0.1) is 11.3 Å². The number of nitrogens with one attached hydrogen (secondary N) is 2. The minimum absolute atomic E-state index is 0.155. The molecule has 116 valence electrons. The first-order valence-electron chi connectivity index (χ1n) is 6.83. The predicted molar refractivity (Wildman–Crippen MR) is 84.8 cm³/mol. The van der Waals surface area contributed by atoms with Crippen LogP contribution in [-0.4, -0.2) is 49.9 Å². The van der Waals surface area contributed by atoms with Crippen LogP contribution in [0, 0.1) is 0 Å². The standard InChI is InChI=1S/C13H21N5O2S/c1-16-12(20)8-9(14)10(11(15)19)21-13(8)17-7-3-5-18(2)6-4-7/h7,17H,3-6,14H2,1-2H3,(H2,15,19)(H,16,20). The highest BCUT2D eigenvalue weighted by Crippen LogP contribution is 2.36. The van der Waals surface area contributed by atoms with Crippen LogP contribution in [0.1, 0.15) is 32.9 Å². The van der Waals surface area contributed by atoms with Gasteiger partial charge in [0.2, 0.25) is 0 Å². The van der Waals surface area contributed by atoms with Crippen molar-refractivity contribution in [2.24, 2.45) is 5.73 Å². The highest BCUT2D eigenvalue weighted by atomic mass is 32.1. The van der Waals surface area contributed by atoms with Gasteiger partial charge < -0.3 is 27.0 Å². The summed E-state index contributed by atoms with van der Waals surface area (Å²) in [5.41, 5.74) is 11.7. The Balaban J connectivity index is 2.27. The highest BCUT2D eigenvalue weighted by molar-refractivity contribution is 7.19. The maximum atomic E-state index is 12.0. The van der Waals surface area contributed by atoms with Gasteiger partial charge in [-0.2, -0.15) is 0 Å². The Labute approximate surface area is 127 Å². The molecule has 6 N–H and O–H groups in total. The smallest absolute Gasteiger partial charge is 0.260 e. The first-order valence-corrected chi connectivity index (χ1v) is 7.65. The van der Waals surface area contributed by atoms with Gasteiger partial charge in [-0.3, -0.25) is 9.59 Å². The third kappa shape index (κ3) is 3.27. The lowest BCUT2D eigenvalue weighted by molar-refractivity contribution is 0.0964. The maximum absolute atomic E-state index is 12.0. The Morgan fingerprint density at radius 3 is 2.48 bits per heavy atom. The molecule has 1 fully saturated rings. The van der Waals surface area contributed by atoms with Gasteiger partial charge in [0, 0.05) is 13.1 Å². The number of anilines is 2. The van der Waals surface area contributed by atoms with Crippen molar-refractivity contribution in [1.29, 1.82) is 0 Å². The van der Waals surface area contributed by atoms with Gasteiger partial charge >= 0.3 is 0 Å². The van der Waals surface area contributed by atoms with Crippen LogP contribution >= 0.6 is 11.3 Å². The molecule has 1 aliphatic rings. The van der Waals surface area contributed by atoms with Gasteiger partial charge in [0.15, 0.2) is 0 Å². The molecule has 0 atom stereocenters. The van der Waals surface area contributed by atoms with Crippen molar-refractivity contribution in [3.63, 3.8) is 0 Å². The van der Waals surface area contributed by atoms with E-state index in [1.807, 2.05) is 0 Å². The summed E-state index contributed by atoms with van der Waals surface area (Å²) in [4.78, 5) is 25.9. The van der Waals surface area contributed by atoms with Crippen molar-refractivity contribution < 1.29 is 9.59 Å². The quantitative estimate of drug-likeness (QED) is 0.638. The van der Waals surface area contributed by atoms with Crippen molar-refractivity contribution in [2.75, 3.05) is 38.2 Å². The van der Waals surface area contributed by atoms with E-state index in [-0.39, 0.29) is 22.5 Å². The lowest BCUT2D eigenvalue weighted by Gasteiger charge is -2.29. The third-order valence-electron chi connectivity index (χ3n) is 3.68. The fourth-order valence-electron chi connectivity index (χ4n) is 2.42. The molecule has 0 bridgehead atoms. The average Bonchev–Trinajstić information content (AvgIpc) is 2.77. The molecule has 0 spiro atoms. The number of piperidine rings is 1. The zero-order valence-corrected chi connectivity index (χ0v) is 13.0. The number of rotatable bonds is 4. The molecule has 2 amide bonds. The van der Waals surface area contributed by atoms with Crippen LogP contribution in [0.25, 0.3) is 0 Å². The van der Waals surface area contributed by atoms with Gasteiger partial charge in [-0.25, -0.2) is 0 Å². The summed E-state index contributed by atoms with van der Waals surface area (Å²) in [6, 6.07) is 0.267. The minimum atomic E-state index is -0.612. The fraction of sp³-hybridized carbons (Fsp3) is 0.538. The molecule has 0 aliphatic carbocycles. The summed E-state index contributed by atoms with van der Waals surface area (Å²) in [6.07, 6.45) is 1.96. The van der Waals surface area contributed by atoms with E-state index in [1.165, 1.54) is 7.05 Å². The largest absolute Gasteiger partial charge is 0.397 e. The van der Waals surface area contributed by atoms with Gasteiger partial charge in [0.1, 0.15) is 9.88 Å². The monoisotopic (exact) mass is 311 g/mol. The molecule has 2 rings (SSSR count). The van der Waals surface area contributed by atoms with Crippen molar-refractivity contribution >= 4 is 33.8 Å². The van der Waals surface area contributed by atoms with E-state index in [0.29, 0.717) is 10.6 Å². The van der Waals surface area contributed by atoms with Crippen LogP contribution in [0.5, 0.6) is 0 Å². The SMILES string of the molecule is CNC(=O)c1c(NC2CCN(C)CC2)sc(C(N)=O)c1N. The summed E-state index contributed by atoms with van der Waals surface area (Å²) in [7, 11) is 3.61. The molecular weight excluding hydrogens is 290 g/mol. The second-order valence-electron chi connectivity index (χ2n) is 5.21. The maximum Gasteiger partial charge on any atom is 0.260 e. The van der Waals surface area contributed by atoms with E-state index in [9.17, 15) is 9.59 Å². The molecule has 1 aliphatic heterocycles. The summed E-state index contributed by atoms with van der Waals surface area (Å²) in [6.45, 7) is 1.99. The molecule has 0 saturated carbocycles. The Hall–Kier alpha value is -1.80. The zero-order valence-electron chi connectivity index (χ0n) is 12.2. The number of nitrogens with zero attached hydrogens (tertiary/aromatic N) is 1. The molecule has 0 unspecified atom stereocenters. The summed E-state index contributed by atoms with van der Waals surface area (Å²) in [5, 5.41) is 6.51. The van der Waals surface area contributed by atoms with Gasteiger partial charge in [0.25, 0.3) is 11.8 Å². The van der Waals surface area contributed by atoms with Crippen molar-refractivity contribution in [2.45, 2.75) is 18.9 Å². The molecule has 0 aromatic carbocycles. The number of primary amides is 1. The Kier molecular flexibility index (Phi) is 4.69. The molecule has 21 heavy (non-hydrogen) atoms. The van der Waals surface area contributed by atoms with E-state index >= 15 is 0 Å². The fourth-order valence-corrected chi connectivity index (χ4v) is 3.46. The lowest BCUT2D eigenvalue weighted by atomic mass is 10.1. The second kappa shape index (κ2) is 6.31. The van der Waals surface area contributed by atoms with E-state index in [0.717, 1.165) is 37.3 Å². The van der Waals surface area contributed by atoms with E-state index in [1.54, 1.807) is 0 Å². The Morgan fingerprint density at radius 2 is 1.95 bits per heavy atom. The Bertz CT molecular complexity index is 549. The molecule has 0 radical (unpaired) electrons. The topological polar surface area (TPSA) is 113 Å². The first kappa shape index (κ1) is 15.6. The van der Waals surface area contributed by atoms with Crippen LogP contribution in [0.3, 0.4) is 0 Å². The molecule has 8 heteroatoms. The number of likely N-dealkylation sites (tertiary alicyclic amines) is 1. The predicted octanol–water partition coefficient (Wildman–Crippen LogP) is 0.295. The van der Waals surface area contributed by atoms with Gasteiger partial charge in [-0.05, 0) is 33.0 Å². The third-order valence-corrected chi connectivity index (χ3v) is 4.83. The van der Waals surface area contributed by atoms with Crippen molar-refractivity contribution in [3.05, 3.63) is 10.4 Å². The van der Waals surface area contributed by atoms with Gasteiger partial charge in [0.05, 0.1) is 11.3 Å². The summed E-state index contributed by atoms with van der Waals surface area (Å²) in [5.74, 6) is -0.925. The van der Waals surface area contributed by atoms with E-state index in [4.69, 9.17) is 11.5 Å². The molecule has 1 saturated heterocycles. The van der Waals surface area contributed by atoms with E-state index in [2.05, 4.69) is 22.6 Å². The highest BCUT2D eigenvalue weighted by Gasteiger charge is 2.26.